The number of benzene rings is 2. The number of hydrogen-bond acceptors (Lipinski definition) is 4. The molecule has 5 heteroatoms. The Morgan fingerprint density at radius 2 is 1.73 bits per heavy atom. The van der Waals surface area contributed by atoms with Crippen molar-refractivity contribution >= 4 is 11.6 Å². The molecule has 2 aromatic rings. The Kier molecular flexibility index (Phi) is 7.80. The molecule has 26 heavy (non-hydrogen) atoms. The third-order valence-electron chi connectivity index (χ3n) is 3.96. The van der Waals surface area contributed by atoms with Gasteiger partial charge in [-0.25, -0.2) is 0 Å². The van der Waals surface area contributed by atoms with Crippen molar-refractivity contribution in [2.45, 2.75) is 32.6 Å². The molecule has 0 aliphatic carbocycles. The first-order valence-corrected chi connectivity index (χ1v) is 8.90. The van der Waals surface area contributed by atoms with Gasteiger partial charge in [-0.1, -0.05) is 25.5 Å². The molecule has 0 bridgehead atoms. The maximum absolute atomic E-state index is 12.1. The van der Waals surface area contributed by atoms with E-state index >= 15 is 0 Å². The lowest BCUT2D eigenvalue weighted by atomic mass is 10.1. The topological polar surface area (TPSA) is 56.8 Å². The Morgan fingerprint density at radius 3 is 2.38 bits per heavy atom. The highest BCUT2D eigenvalue weighted by Gasteiger charge is 2.09. The third kappa shape index (κ3) is 5.99. The highest BCUT2D eigenvalue weighted by atomic mass is 16.5. The quantitative estimate of drug-likeness (QED) is 0.638. The third-order valence-corrected chi connectivity index (χ3v) is 3.96. The standard InChI is InChI=1S/C21H27NO4/c1-4-6-16-8-10-17(11-9-16)26-14-5-7-21(23)22-19-13-12-18(24-2)15-20(19)25-3/h8-13,15H,4-7,14H2,1-3H3,(H,22,23). The van der Waals surface area contributed by atoms with Gasteiger partial charge in [0.1, 0.15) is 17.2 Å². The molecular weight excluding hydrogens is 330 g/mol. The van der Waals surface area contributed by atoms with Crippen molar-refractivity contribution < 1.29 is 19.0 Å². The molecule has 0 spiro atoms. The Bertz CT molecular complexity index is 698. The first kappa shape index (κ1) is 19.6. The number of anilines is 1. The Balaban J connectivity index is 1.75. The van der Waals surface area contributed by atoms with Crippen molar-refractivity contribution in [1.29, 1.82) is 0 Å². The fraction of sp³-hybridized carbons (Fsp3) is 0.381. The highest BCUT2D eigenvalue weighted by molar-refractivity contribution is 5.92. The molecule has 0 saturated heterocycles. The van der Waals surface area contributed by atoms with Crippen LogP contribution in [0.3, 0.4) is 0 Å². The molecule has 0 radical (unpaired) electrons. The zero-order valence-electron chi connectivity index (χ0n) is 15.7. The minimum atomic E-state index is -0.0737. The van der Waals surface area contributed by atoms with Gasteiger partial charge in [-0.3, -0.25) is 4.79 Å². The van der Waals surface area contributed by atoms with Crippen LogP contribution in [0, 0.1) is 0 Å². The van der Waals surface area contributed by atoms with Crippen molar-refractivity contribution in [2.75, 3.05) is 26.1 Å². The summed E-state index contributed by atoms with van der Waals surface area (Å²) in [5.74, 6) is 2.01. The van der Waals surface area contributed by atoms with Crippen LogP contribution in [0.25, 0.3) is 0 Å². The molecule has 0 heterocycles. The number of rotatable bonds is 10. The van der Waals surface area contributed by atoms with Crippen LogP contribution in [0.2, 0.25) is 0 Å². The predicted molar refractivity (Wildman–Crippen MR) is 103 cm³/mol. The van der Waals surface area contributed by atoms with Gasteiger partial charge in [0.25, 0.3) is 0 Å². The molecule has 0 aromatic heterocycles. The summed E-state index contributed by atoms with van der Waals surface area (Å²) in [5.41, 5.74) is 1.94. The zero-order chi connectivity index (χ0) is 18.8. The van der Waals surface area contributed by atoms with E-state index in [0.29, 0.717) is 36.6 Å². The van der Waals surface area contributed by atoms with Gasteiger partial charge in [0.05, 0.1) is 26.5 Å². The summed E-state index contributed by atoms with van der Waals surface area (Å²) in [7, 11) is 3.15. The van der Waals surface area contributed by atoms with Crippen LogP contribution in [0.5, 0.6) is 17.2 Å². The van der Waals surface area contributed by atoms with Crippen LogP contribution in [-0.2, 0) is 11.2 Å². The van der Waals surface area contributed by atoms with Gasteiger partial charge in [-0.2, -0.15) is 0 Å². The fourth-order valence-electron chi connectivity index (χ4n) is 2.58. The maximum atomic E-state index is 12.1. The van der Waals surface area contributed by atoms with Gasteiger partial charge in [0.2, 0.25) is 5.91 Å². The second-order valence-electron chi connectivity index (χ2n) is 5.96. The van der Waals surface area contributed by atoms with Crippen LogP contribution in [0.15, 0.2) is 42.5 Å². The number of carbonyl (C=O) groups is 1. The van der Waals surface area contributed by atoms with Gasteiger partial charge in [0, 0.05) is 12.5 Å². The van der Waals surface area contributed by atoms with Crippen LogP contribution >= 0.6 is 0 Å². The molecule has 2 aromatic carbocycles. The van der Waals surface area contributed by atoms with Gasteiger partial charge < -0.3 is 19.5 Å². The van der Waals surface area contributed by atoms with Crippen LogP contribution in [0.1, 0.15) is 31.7 Å². The summed E-state index contributed by atoms with van der Waals surface area (Å²) in [6.45, 7) is 2.66. The van der Waals surface area contributed by atoms with E-state index in [2.05, 4.69) is 24.4 Å². The van der Waals surface area contributed by atoms with Gasteiger partial charge in [0.15, 0.2) is 0 Å². The van der Waals surface area contributed by atoms with E-state index in [1.165, 1.54) is 5.56 Å². The lowest BCUT2D eigenvalue weighted by Gasteiger charge is -2.12. The second kappa shape index (κ2) is 10.3. The molecule has 1 N–H and O–H groups in total. The van der Waals surface area contributed by atoms with Crippen molar-refractivity contribution in [3.63, 3.8) is 0 Å². The van der Waals surface area contributed by atoms with Gasteiger partial charge >= 0.3 is 0 Å². The summed E-state index contributed by atoms with van der Waals surface area (Å²) >= 11 is 0. The number of hydrogen-bond donors (Lipinski definition) is 1. The average Bonchev–Trinajstić information content (AvgIpc) is 2.67. The SMILES string of the molecule is CCCc1ccc(OCCCC(=O)Nc2ccc(OC)cc2OC)cc1. The van der Waals surface area contributed by atoms with E-state index in [0.717, 1.165) is 18.6 Å². The van der Waals surface area contributed by atoms with E-state index in [4.69, 9.17) is 14.2 Å². The number of nitrogens with one attached hydrogen (secondary N) is 1. The molecule has 0 fully saturated rings. The van der Waals surface area contributed by atoms with Crippen molar-refractivity contribution in [2.24, 2.45) is 0 Å². The molecule has 1 amide bonds. The Labute approximate surface area is 155 Å². The molecule has 0 aliphatic rings. The van der Waals surface area contributed by atoms with Crippen molar-refractivity contribution in [1.82, 2.24) is 0 Å². The number of amides is 1. The molecule has 5 nitrogen and oxygen atoms in total. The largest absolute Gasteiger partial charge is 0.497 e. The highest BCUT2D eigenvalue weighted by Crippen LogP contribution is 2.29. The predicted octanol–water partition coefficient (Wildman–Crippen LogP) is 4.45. The fourth-order valence-corrected chi connectivity index (χ4v) is 2.58. The molecule has 2 rings (SSSR count). The van der Waals surface area contributed by atoms with Crippen LogP contribution in [0.4, 0.5) is 5.69 Å². The molecule has 0 unspecified atom stereocenters. The first-order chi connectivity index (χ1) is 12.7. The molecular formula is C21H27NO4. The molecule has 0 saturated carbocycles. The van der Waals surface area contributed by atoms with E-state index in [1.54, 1.807) is 32.4 Å². The number of ether oxygens (including phenoxy) is 3. The van der Waals surface area contributed by atoms with E-state index in [1.807, 2.05) is 12.1 Å². The minimum Gasteiger partial charge on any atom is -0.497 e. The summed E-state index contributed by atoms with van der Waals surface area (Å²) in [4.78, 5) is 12.1. The van der Waals surface area contributed by atoms with Gasteiger partial charge in [-0.15, -0.1) is 0 Å². The number of aryl methyl sites for hydroxylation is 1. The average molecular weight is 357 g/mol. The number of carbonyl (C=O) groups excluding carboxylic acids is 1. The lowest BCUT2D eigenvalue weighted by Crippen LogP contribution is -2.13. The Hall–Kier alpha value is -2.69. The van der Waals surface area contributed by atoms with E-state index < -0.39 is 0 Å². The van der Waals surface area contributed by atoms with Crippen LogP contribution in [-0.4, -0.2) is 26.7 Å². The summed E-state index contributed by atoms with van der Waals surface area (Å²) < 4.78 is 16.1. The summed E-state index contributed by atoms with van der Waals surface area (Å²) in [5, 5.41) is 2.86. The summed E-state index contributed by atoms with van der Waals surface area (Å²) in [6, 6.07) is 13.4. The van der Waals surface area contributed by atoms with Crippen molar-refractivity contribution in [3.05, 3.63) is 48.0 Å². The minimum absolute atomic E-state index is 0.0737. The van der Waals surface area contributed by atoms with E-state index in [-0.39, 0.29) is 5.91 Å². The van der Waals surface area contributed by atoms with Crippen molar-refractivity contribution in [3.8, 4) is 17.2 Å². The maximum Gasteiger partial charge on any atom is 0.224 e. The number of methoxy groups -OCH3 is 2. The van der Waals surface area contributed by atoms with Gasteiger partial charge in [-0.05, 0) is 42.7 Å². The van der Waals surface area contributed by atoms with Crippen LogP contribution < -0.4 is 19.5 Å². The normalized spacial score (nSPS) is 10.3. The lowest BCUT2D eigenvalue weighted by molar-refractivity contribution is -0.116. The first-order valence-electron chi connectivity index (χ1n) is 8.90. The zero-order valence-corrected chi connectivity index (χ0v) is 15.7. The monoisotopic (exact) mass is 357 g/mol. The second-order valence-corrected chi connectivity index (χ2v) is 5.96. The van der Waals surface area contributed by atoms with E-state index in [9.17, 15) is 4.79 Å². The Morgan fingerprint density at radius 1 is 1.00 bits per heavy atom. The molecule has 0 aliphatic heterocycles. The molecule has 0 atom stereocenters. The molecule has 140 valence electrons. The summed E-state index contributed by atoms with van der Waals surface area (Å²) in [6.07, 6.45) is 3.23. The smallest absolute Gasteiger partial charge is 0.224 e.